The zero-order valence-corrected chi connectivity index (χ0v) is 13.5. The number of carbonyl (C=O) groups is 2. The summed E-state index contributed by atoms with van der Waals surface area (Å²) in [5.41, 5.74) is 0.656. The van der Waals surface area contributed by atoms with Gasteiger partial charge in [-0.3, -0.25) is 9.59 Å². The lowest BCUT2D eigenvalue weighted by Crippen LogP contribution is -2.34. The van der Waals surface area contributed by atoms with Gasteiger partial charge in [-0.05, 0) is 24.3 Å². The van der Waals surface area contributed by atoms with E-state index in [-0.39, 0.29) is 24.2 Å². The van der Waals surface area contributed by atoms with Crippen LogP contribution in [0.4, 0.5) is 5.69 Å². The number of amides is 2. The second-order valence-electron chi connectivity index (χ2n) is 5.63. The molecule has 6 heteroatoms. The summed E-state index contributed by atoms with van der Waals surface area (Å²) in [4.78, 5) is 28.0. The number of hydrogen-bond donors (Lipinski definition) is 0. The quantitative estimate of drug-likeness (QED) is 0.865. The number of rotatable bonds is 4. The SMILES string of the molecule is CN(Cc1ccco1)C(=O)C1CC(=O)N(c2ccccc2Cl)C1. The predicted octanol–water partition coefficient (Wildman–Crippen LogP) is 2.94. The third-order valence-electron chi connectivity index (χ3n) is 3.97. The molecule has 0 radical (unpaired) electrons. The molecule has 23 heavy (non-hydrogen) atoms. The molecule has 0 bridgehead atoms. The first-order valence-electron chi connectivity index (χ1n) is 7.38. The molecule has 1 aromatic carbocycles. The van der Waals surface area contributed by atoms with E-state index in [0.717, 1.165) is 0 Å². The molecule has 3 rings (SSSR count). The lowest BCUT2D eigenvalue weighted by molar-refractivity contribution is -0.135. The van der Waals surface area contributed by atoms with Crippen molar-refractivity contribution in [3.05, 3.63) is 53.4 Å². The van der Waals surface area contributed by atoms with E-state index in [1.165, 1.54) is 0 Å². The Hall–Kier alpha value is -2.27. The molecule has 1 fully saturated rings. The average molecular weight is 333 g/mol. The van der Waals surface area contributed by atoms with E-state index in [9.17, 15) is 9.59 Å². The van der Waals surface area contributed by atoms with E-state index >= 15 is 0 Å². The van der Waals surface area contributed by atoms with Crippen molar-refractivity contribution in [2.24, 2.45) is 5.92 Å². The topological polar surface area (TPSA) is 53.8 Å². The highest BCUT2D eigenvalue weighted by Gasteiger charge is 2.37. The highest BCUT2D eigenvalue weighted by atomic mass is 35.5. The molecule has 1 saturated heterocycles. The minimum atomic E-state index is -0.362. The van der Waals surface area contributed by atoms with Gasteiger partial charge in [0, 0.05) is 20.0 Å². The standard InChI is InChI=1S/C17H17ClN2O3/c1-19(11-13-5-4-8-23-13)17(22)12-9-16(21)20(10-12)15-7-3-2-6-14(15)18/h2-8,12H,9-11H2,1H3. The van der Waals surface area contributed by atoms with Crippen molar-refractivity contribution in [3.63, 3.8) is 0 Å². The maximum absolute atomic E-state index is 12.6. The van der Waals surface area contributed by atoms with E-state index in [4.69, 9.17) is 16.0 Å². The first-order chi connectivity index (χ1) is 11.1. The molecular weight excluding hydrogens is 316 g/mol. The maximum Gasteiger partial charge on any atom is 0.228 e. The molecule has 120 valence electrons. The number of furan rings is 1. The van der Waals surface area contributed by atoms with Gasteiger partial charge in [-0.2, -0.15) is 0 Å². The van der Waals surface area contributed by atoms with Crippen molar-refractivity contribution in [3.8, 4) is 0 Å². The van der Waals surface area contributed by atoms with E-state index in [1.807, 2.05) is 18.2 Å². The Morgan fingerprint density at radius 3 is 2.83 bits per heavy atom. The monoisotopic (exact) mass is 332 g/mol. The van der Waals surface area contributed by atoms with Gasteiger partial charge in [0.2, 0.25) is 11.8 Å². The van der Waals surface area contributed by atoms with Gasteiger partial charge >= 0.3 is 0 Å². The minimum absolute atomic E-state index is 0.0655. The first kappa shape index (κ1) is 15.6. The zero-order valence-electron chi connectivity index (χ0n) is 12.7. The molecule has 0 spiro atoms. The molecule has 0 N–H and O–H groups in total. The van der Waals surface area contributed by atoms with Crippen molar-refractivity contribution < 1.29 is 14.0 Å². The molecule has 2 heterocycles. The molecule has 1 aliphatic rings. The summed E-state index contributed by atoms with van der Waals surface area (Å²) in [6, 6.07) is 10.8. The van der Waals surface area contributed by atoms with Crippen molar-refractivity contribution in [2.75, 3.05) is 18.5 Å². The molecule has 5 nitrogen and oxygen atoms in total. The van der Waals surface area contributed by atoms with E-state index in [2.05, 4.69) is 0 Å². The second-order valence-corrected chi connectivity index (χ2v) is 6.04. The highest BCUT2D eigenvalue weighted by Crippen LogP contribution is 2.31. The van der Waals surface area contributed by atoms with Crippen LogP contribution in [0.25, 0.3) is 0 Å². The maximum atomic E-state index is 12.6. The Kier molecular flexibility index (Phi) is 4.39. The predicted molar refractivity (Wildman–Crippen MR) is 87.1 cm³/mol. The summed E-state index contributed by atoms with van der Waals surface area (Å²) in [5, 5.41) is 0.512. The van der Waals surface area contributed by atoms with E-state index in [1.54, 1.807) is 41.3 Å². The van der Waals surface area contributed by atoms with Crippen LogP contribution >= 0.6 is 11.6 Å². The Morgan fingerprint density at radius 1 is 1.35 bits per heavy atom. The molecule has 1 atom stereocenters. The summed E-state index contributed by atoms with van der Waals surface area (Å²) in [6.07, 6.45) is 1.78. The second kappa shape index (κ2) is 6.46. The van der Waals surface area contributed by atoms with Crippen LogP contribution in [0.5, 0.6) is 0 Å². The van der Waals surface area contributed by atoms with Crippen molar-refractivity contribution in [1.29, 1.82) is 0 Å². The number of anilines is 1. The molecule has 0 saturated carbocycles. The molecule has 1 aliphatic heterocycles. The Bertz CT molecular complexity index is 714. The lowest BCUT2D eigenvalue weighted by atomic mass is 10.1. The number of benzene rings is 1. The van der Waals surface area contributed by atoms with Gasteiger partial charge in [-0.1, -0.05) is 23.7 Å². The van der Waals surface area contributed by atoms with Gasteiger partial charge in [0.05, 0.1) is 29.4 Å². The van der Waals surface area contributed by atoms with Crippen LogP contribution in [0.3, 0.4) is 0 Å². The average Bonchev–Trinajstić information content (AvgIpc) is 3.17. The number of halogens is 1. The van der Waals surface area contributed by atoms with Crippen LogP contribution < -0.4 is 4.90 Å². The van der Waals surface area contributed by atoms with Crippen molar-refractivity contribution in [2.45, 2.75) is 13.0 Å². The van der Waals surface area contributed by atoms with Gasteiger partial charge in [0.25, 0.3) is 0 Å². The van der Waals surface area contributed by atoms with Crippen LogP contribution in [-0.2, 0) is 16.1 Å². The summed E-state index contributed by atoms with van der Waals surface area (Å²) >= 11 is 6.15. The summed E-state index contributed by atoms with van der Waals surface area (Å²) in [6.45, 7) is 0.743. The largest absolute Gasteiger partial charge is 0.467 e. The van der Waals surface area contributed by atoms with Crippen LogP contribution in [0, 0.1) is 5.92 Å². The fraction of sp³-hybridized carbons (Fsp3) is 0.294. The van der Waals surface area contributed by atoms with Crippen molar-refractivity contribution in [1.82, 2.24) is 4.90 Å². The number of carbonyl (C=O) groups excluding carboxylic acids is 2. The van der Waals surface area contributed by atoms with Crippen LogP contribution in [0.15, 0.2) is 47.1 Å². The number of para-hydroxylation sites is 1. The Labute approximate surface area is 139 Å². The Morgan fingerprint density at radius 2 is 2.13 bits per heavy atom. The first-order valence-corrected chi connectivity index (χ1v) is 7.76. The fourth-order valence-corrected chi connectivity index (χ4v) is 3.04. The number of nitrogens with zero attached hydrogens (tertiary/aromatic N) is 2. The molecule has 0 aliphatic carbocycles. The van der Waals surface area contributed by atoms with Gasteiger partial charge in [-0.15, -0.1) is 0 Å². The Balaban J connectivity index is 1.69. The molecule has 1 unspecified atom stereocenters. The van der Waals surface area contributed by atoms with Crippen LogP contribution in [-0.4, -0.2) is 30.3 Å². The third-order valence-corrected chi connectivity index (χ3v) is 4.29. The molecule has 1 aromatic heterocycles. The fourth-order valence-electron chi connectivity index (χ4n) is 2.80. The minimum Gasteiger partial charge on any atom is -0.467 e. The van der Waals surface area contributed by atoms with Gasteiger partial charge < -0.3 is 14.2 Å². The van der Waals surface area contributed by atoms with E-state index in [0.29, 0.717) is 29.6 Å². The summed E-state index contributed by atoms with van der Waals surface area (Å²) < 4.78 is 5.26. The normalized spacial score (nSPS) is 17.6. The van der Waals surface area contributed by atoms with Crippen LogP contribution in [0.1, 0.15) is 12.2 Å². The zero-order chi connectivity index (χ0) is 16.4. The molecule has 2 aromatic rings. The molecular formula is C17H17ClN2O3. The summed E-state index contributed by atoms with van der Waals surface area (Å²) in [5.74, 6) is 0.207. The lowest BCUT2D eigenvalue weighted by Gasteiger charge is -2.21. The van der Waals surface area contributed by atoms with Crippen molar-refractivity contribution >= 4 is 29.1 Å². The third kappa shape index (κ3) is 3.24. The molecule has 2 amide bonds. The van der Waals surface area contributed by atoms with Gasteiger partial charge in [0.1, 0.15) is 5.76 Å². The highest BCUT2D eigenvalue weighted by molar-refractivity contribution is 6.33. The van der Waals surface area contributed by atoms with Gasteiger partial charge in [-0.25, -0.2) is 0 Å². The van der Waals surface area contributed by atoms with E-state index < -0.39 is 0 Å². The smallest absolute Gasteiger partial charge is 0.228 e. The number of hydrogen-bond acceptors (Lipinski definition) is 3. The van der Waals surface area contributed by atoms with Crippen LogP contribution in [0.2, 0.25) is 5.02 Å². The van der Waals surface area contributed by atoms with Gasteiger partial charge in [0.15, 0.2) is 0 Å². The summed E-state index contributed by atoms with van der Waals surface area (Å²) in [7, 11) is 1.72.